The number of hydrogen-bond donors (Lipinski definition) is 2. The second-order valence-corrected chi connectivity index (χ2v) is 23.1. The molecule has 2 aliphatic heterocycles. The lowest BCUT2D eigenvalue weighted by atomic mass is 9.73. The lowest BCUT2D eigenvalue weighted by molar-refractivity contribution is -0.147. The molecule has 6 rings (SSSR count). The van der Waals surface area contributed by atoms with Gasteiger partial charge in [-0.3, -0.25) is 33.6 Å². The summed E-state index contributed by atoms with van der Waals surface area (Å²) in [7, 11) is -3.83. The van der Waals surface area contributed by atoms with Crippen molar-refractivity contribution >= 4 is 39.3 Å². The standard InChI is InChI=1S/C43H68N4O8S/c1-12-27-21-41(27,37(52)45-56(53,54)28-14-15-28)23-33(49)30-22-43(40(10,11)42(43)16-13-17-42)25-47(30)36(51)29(38(4,5)6)20-32(48)34(39(7,8)9)44-35(50)31-24-55-19-18-46(31)26(2)3/h12,26-31,34H,1,13-25H2,2-11H3,(H,44,50)(H,45,52)/t27-,29-,30+,31+,34-,41-,43-/m1/s1. The summed E-state index contributed by atoms with van der Waals surface area (Å²) in [5, 5.41) is 2.48. The number of sulfonamides is 1. The van der Waals surface area contributed by atoms with Gasteiger partial charge in [0.15, 0.2) is 11.6 Å². The van der Waals surface area contributed by atoms with Gasteiger partial charge in [-0.1, -0.05) is 67.9 Å². The Morgan fingerprint density at radius 3 is 2.07 bits per heavy atom. The third-order valence-corrected chi connectivity index (χ3v) is 17.2. The van der Waals surface area contributed by atoms with Gasteiger partial charge in [-0.25, -0.2) is 8.42 Å². The van der Waals surface area contributed by atoms with Gasteiger partial charge in [-0.05, 0) is 80.0 Å². The van der Waals surface area contributed by atoms with E-state index in [0.29, 0.717) is 45.4 Å². The number of fused-ring (bicyclic) bond motifs is 1. The van der Waals surface area contributed by atoms with Crippen LogP contribution in [0.15, 0.2) is 12.7 Å². The fraction of sp³-hybridized carbons (Fsp3) is 0.837. The average molecular weight is 801 g/mol. The van der Waals surface area contributed by atoms with E-state index in [9.17, 15) is 27.6 Å². The first-order valence-electron chi connectivity index (χ1n) is 21.0. The van der Waals surface area contributed by atoms with Crippen LogP contribution in [0.1, 0.15) is 127 Å². The van der Waals surface area contributed by atoms with Crippen LogP contribution in [0.3, 0.4) is 0 Å². The van der Waals surface area contributed by atoms with E-state index in [-0.39, 0.29) is 71.0 Å². The van der Waals surface area contributed by atoms with Gasteiger partial charge in [0.25, 0.3) is 0 Å². The van der Waals surface area contributed by atoms with Crippen molar-refractivity contribution in [2.75, 3.05) is 26.3 Å². The van der Waals surface area contributed by atoms with E-state index >= 15 is 4.79 Å². The van der Waals surface area contributed by atoms with E-state index in [1.54, 1.807) is 11.0 Å². The largest absolute Gasteiger partial charge is 0.378 e. The predicted octanol–water partition coefficient (Wildman–Crippen LogP) is 4.81. The molecule has 2 spiro atoms. The van der Waals surface area contributed by atoms with E-state index in [4.69, 9.17) is 4.74 Å². The highest BCUT2D eigenvalue weighted by molar-refractivity contribution is 7.90. The van der Waals surface area contributed by atoms with Gasteiger partial charge in [0.1, 0.15) is 6.04 Å². The van der Waals surface area contributed by atoms with Crippen LogP contribution in [0.25, 0.3) is 0 Å². The lowest BCUT2D eigenvalue weighted by Crippen LogP contribution is -2.60. The first kappa shape index (κ1) is 43.0. The highest BCUT2D eigenvalue weighted by Gasteiger charge is 2.85. The Kier molecular flexibility index (Phi) is 10.9. The Morgan fingerprint density at radius 1 is 0.946 bits per heavy atom. The van der Waals surface area contributed by atoms with Crippen molar-refractivity contribution in [1.82, 2.24) is 19.8 Å². The lowest BCUT2D eigenvalue weighted by Gasteiger charge is -2.40. The van der Waals surface area contributed by atoms with Crippen LogP contribution >= 0.6 is 0 Å². The molecule has 6 aliphatic rings. The molecule has 4 saturated carbocycles. The maximum Gasteiger partial charge on any atom is 0.240 e. The number of carbonyl (C=O) groups is 5. The molecule has 0 unspecified atom stereocenters. The SMILES string of the molecule is C=C[C@@H]1C[C@]1(CC(=O)[C@@H]1C[C@@]2(CN1C(=O)[C@@H](CC(=O)[C@@H](NC(=O)[C@@H]1COCCN1C(C)C)C(C)(C)C)C(C)(C)C)C(C)(C)C21CCC1)C(=O)NS(=O)(=O)C1CC1. The summed E-state index contributed by atoms with van der Waals surface area (Å²) in [5.41, 5.74) is -2.93. The van der Waals surface area contributed by atoms with Gasteiger partial charge in [0, 0.05) is 43.3 Å². The number of nitrogens with zero attached hydrogens (tertiary/aromatic N) is 2. The zero-order valence-electron chi connectivity index (χ0n) is 35.6. The zero-order valence-corrected chi connectivity index (χ0v) is 36.4. The second kappa shape index (κ2) is 14.3. The molecule has 0 aromatic rings. The van der Waals surface area contributed by atoms with Crippen molar-refractivity contribution in [2.45, 2.75) is 156 Å². The minimum Gasteiger partial charge on any atom is -0.378 e. The van der Waals surface area contributed by atoms with Crippen molar-refractivity contribution in [3.8, 4) is 0 Å². The van der Waals surface area contributed by atoms with Crippen molar-refractivity contribution in [3.63, 3.8) is 0 Å². The summed E-state index contributed by atoms with van der Waals surface area (Å²) in [4.78, 5) is 75.8. The second-order valence-electron chi connectivity index (χ2n) is 21.2. The monoisotopic (exact) mass is 800 g/mol. The van der Waals surface area contributed by atoms with E-state index in [0.717, 1.165) is 19.3 Å². The van der Waals surface area contributed by atoms with E-state index < -0.39 is 61.5 Å². The molecule has 4 aliphatic carbocycles. The average Bonchev–Trinajstić information content (AvgIpc) is 4.02. The molecule has 56 heavy (non-hydrogen) atoms. The first-order chi connectivity index (χ1) is 25.8. The third-order valence-electron chi connectivity index (χ3n) is 15.4. The molecule has 0 aromatic carbocycles. The molecule has 2 N–H and O–H groups in total. The Balaban J connectivity index is 1.27. The van der Waals surface area contributed by atoms with Crippen LogP contribution in [-0.2, 0) is 38.7 Å². The maximum atomic E-state index is 15.2. The number of carbonyl (C=O) groups excluding carboxylic acids is 5. The number of morpholine rings is 1. The fourth-order valence-electron chi connectivity index (χ4n) is 11.2. The summed E-state index contributed by atoms with van der Waals surface area (Å²) in [6, 6.07) is -2.12. The van der Waals surface area contributed by atoms with Crippen molar-refractivity contribution in [2.24, 2.45) is 44.3 Å². The van der Waals surface area contributed by atoms with Crippen LogP contribution in [0.4, 0.5) is 0 Å². The Bertz CT molecular complexity index is 1750. The first-order valence-corrected chi connectivity index (χ1v) is 22.5. The van der Waals surface area contributed by atoms with Gasteiger partial charge in [0.2, 0.25) is 27.7 Å². The van der Waals surface area contributed by atoms with Crippen molar-refractivity contribution in [3.05, 3.63) is 12.7 Å². The molecule has 2 heterocycles. The van der Waals surface area contributed by atoms with Gasteiger partial charge >= 0.3 is 0 Å². The Morgan fingerprint density at radius 2 is 1.59 bits per heavy atom. The van der Waals surface area contributed by atoms with Crippen LogP contribution < -0.4 is 10.0 Å². The van der Waals surface area contributed by atoms with Gasteiger partial charge in [0.05, 0.1) is 36.0 Å². The molecule has 2 saturated heterocycles. The Hall–Kier alpha value is -2.64. The molecule has 0 aromatic heterocycles. The third kappa shape index (κ3) is 7.11. The molecule has 314 valence electrons. The van der Waals surface area contributed by atoms with E-state index in [1.807, 2.05) is 55.4 Å². The number of Topliss-reactive ketones (excluding diaryl/α,β-unsaturated/α-hetero) is 2. The van der Waals surface area contributed by atoms with Gasteiger partial charge in [-0.2, -0.15) is 0 Å². The summed E-state index contributed by atoms with van der Waals surface area (Å²) < 4.78 is 33.6. The number of rotatable bonds is 14. The predicted molar refractivity (Wildman–Crippen MR) is 213 cm³/mol. The quantitative estimate of drug-likeness (QED) is 0.235. The summed E-state index contributed by atoms with van der Waals surface area (Å²) in [6.07, 6.45) is 6.26. The van der Waals surface area contributed by atoms with Crippen molar-refractivity contribution in [1.29, 1.82) is 0 Å². The number of amides is 3. The topological polar surface area (TPSA) is 159 Å². The molecule has 12 nitrogen and oxygen atoms in total. The minimum absolute atomic E-state index is 0.0194. The molecule has 13 heteroatoms. The van der Waals surface area contributed by atoms with Gasteiger partial charge in [-0.15, -0.1) is 6.58 Å². The fourth-order valence-corrected chi connectivity index (χ4v) is 12.6. The molecular weight excluding hydrogens is 733 g/mol. The summed E-state index contributed by atoms with van der Waals surface area (Å²) >= 11 is 0. The number of ketones is 2. The van der Waals surface area contributed by atoms with Crippen LogP contribution in [0.2, 0.25) is 0 Å². The minimum atomic E-state index is -3.83. The number of ether oxygens (including phenoxy) is 1. The number of likely N-dealkylation sites (tertiary alicyclic amines) is 1. The van der Waals surface area contributed by atoms with Crippen molar-refractivity contribution < 1.29 is 37.1 Å². The number of allylic oxidation sites excluding steroid dienone is 1. The van der Waals surface area contributed by atoms with Crippen LogP contribution in [0.5, 0.6) is 0 Å². The van der Waals surface area contributed by atoms with Gasteiger partial charge < -0.3 is 15.0 Å². The maximum absolute atomic E-state index is 15.2. The molecule has 3 amide bonds. The number of hydrogen-bond acceptors (Lipinski definition) is 9. The van der Waals surface area contributed by atoms with Crippen LogP contribution in [-0.4, -0.2) is 103 Å². The highest BCUT2D eigenvalue weighted by atomic mass is 32.2. The smallest absolute Gasteiger partial charge is 0.240 e. The molecule has 0 radical (unpaired) electrons. The van der Waals surface area contributed by atoms with Crippen LogP contribution in [0, 0.1) is 44.3 Å². The zero-order chi connectivity index (χ0) is 41.6. The molecule has 7 atom stereocenters. The van der Waals surface area contributed by atoms with E-state index in [2.05, 4.69) is 35.4 Å². The Labute approximate surface area is 335 Å². The highest BCUT2D eigenvalue weighted by Crippen LogP contribution is 2.88. The summed E-state index contributed by atoms with van der Waals surface area (Å²) in [5.74, 6) is -2.86. The molecular formula is C43H68N4O8S. The molecule has 6 fully saturated rings. The number of nitrogens with one attached hydrogen (secondary N) is 2. The van der Waals surface area contributed by atoms with E-state index in [1.165, 1.54) is 0 Å². The summed E-state index contributed by atoms with van der Waals surface area (Å²) in [6.45, 7) is 25.7. The normalized spacial score (nSPS) is 32.1. The molecule has 0 bridgehead atoms.